The summed E-state index contributed by atoms with van der Waals surface area (Å²) in [6.07, 6.45) is 0. The molecule has 1 atom stereocenters. The lowest BCUT2D eigenvalue weighted by molar-refractivity contribution is 0.191. The number of hydrogen-bond donors (Lipinski definition) is 1. The van der Waals surface area contributed by atoms with Gasteiger partial charge in [0.25, 0.3) is 0 Å². The Labute approximate surface area is 125 Å². The largest absolute Gasteiger partial charge is 0.314 e. The number of rotatable bonds is 3. The maximum Gasteiger partial charge on any atom is 0.166 e. The molecule has 2 aromatic rings. The van der Waals surface area contributed by atoms with Gasteiger partial charge in [-0.25, -0.2) is 13.2 Å². The van der Waals surface area contributed by atoms with Crippen LogP contribution in [0.5, 0.6) is 0 Å². The van der Waals surface area contributed by atoms with Crippen molar-refractivity contribution in [3.63, 3.8) is 0 Å². The summed E-state index contributed by atoms with van der Waals surface area (Å²) in [5, 5.41) is 6.92. The van der Waals surface area contributed by atoms with Crippen molar-refractivity contribution >= 4 is 11.3 Å². The van der Waals surface area contributed by atoms with Gasteiger partial charge < -0.3 is 5.32 Å². The van der Waals surface area contributed by atoms with Crippen LogP contribution in [-0.2, 0) is 0 Å². The Hall–Kier alpha value is -1.37. The lowest BCUT2D eigenvalue weighted by atomic mass is 9.97. The van der Waals surface area contributed by atoms with Crippen LogP contribution in [0.25, 0.3) is 0 Å². The molecule has 21 heavy (non-hydrogen) atoms. The molecule has 0 aliphatic carbocycles. The van der Waals surface area contributed by atoms with Gasteiger partial charge in [-0.2, -0.15) is 11.3 Å². The molecule has 2 nitrogen and oxygen atoms in total. The van der Waals surface area contributed by atoms with Gasteiger partial charge in [-0.15, -0.1) is 0 Å². The Kier molecular flexibility index (Phi) is 4.28. The van der Waals surface area contributed by atoms with Crippen LogP contribution in [0.4, 0.5) is 13.2 Å². The van der Waals surface area contributed by atoms with Crippen molar-refractivity contribution in [2.24, 2.45) is 0 Å². The van der Waals surface area contributed by atoms with Gasteiger partial charge in [0.15, 0.2) is 11.6 Å². The number of nitrogens with zero attached hydrogens (tertiary/aromatic N) is 1. The summed E-state index contributed by atoms with van der Waals surface area (Å²) in [5.41, 5.74) is 0.598. The number of thiophene rings is 1. The van der Waals surface area contributed by atoms with Gasteiger partial charge in [-0.05, 0) is 34.5 Å². The molecule has 0 bridgehead atoms. The monoisotopic (exact) mass is 312 g/mol. The van der Waals surface area contributed by atoms with E-state index >= 15 is 0 Å². The van der Waals surface area contributed by atoms with Crippen molar-refractivity contribution in [2.75, 3.05) is 26.2 Å². The van der Waals surface area contributed by atoms with Crippen LogP contribution < -0.4 is 5.32 Å². The lowest BCUT2D eigenvalue weighted by Gasteiger charge is -2.35. The molecule has 3 rings (SSSR count). The normalized spacial score (nSPS) is 17.9. The zero-order chi connectivity index (χ0) is 14.8. The summed E-state index contributed by atoms with van der Waals surface area (Å²) in [6, 6.07) is 3.07. The third kappa shape index (κ3) is 2.84. The second kappa shape index (κ2) is 6.17. The highest BCUT2D eigenvalue weighted by Gasteiger charge is 2.30. The van der Waals surface area contributed by atoms with Crippen LogP contribution in [0.1, 0.15) is 17.2 Å². The first-order valence-electron chi connectivity index (χ1n) is 6.78. The van der Waals surface area contributed by atoms with Gasteiger partial charge in [0.1, 0.15) is 5.82 Å². The minimum atomic E-state index is -1.09. The lowest BCUT2D eigenvalue weighted by Crippen LogP contribution is -2.45. The number of halogens is 3. The molecule has 6 heteroatoms. The van der Waals surface area contributed by atoms with E-state index in [0.29, 0.717) is 13.1 Å². The third-order valence-electron chi connectivity index (χ3n) is 3.73. The van der Waals surface area contributed by atoms with Gasteiger partial charge in [0, 0.05) is 31.7 Å². The molecule has 112 valence electrons. The Morgan fingerprint density at radius 2 is 1.76 bits per heavy atom. The molecular formula is C15H15F3N2S. The van der Waals surface area contributed by atoms with Crippen molar-refractivity contribution in [3.8, 4) is 0 Å². The summed E-state index contributed by atoms with van der Waals surface area (Å²) < 4.78 is 41.9. The predicted octanol–water partition coefficient (Wildman–Crippen LogP) is 3.16. The van der Waals surface area contributed by atoms with Crippen LogP contribution in [0.2, 0.25) is 0 Å². The average molecular weight is 312 g/mol. The summed E-state index contributed by atoms with van der Waals surface area (Å²) in [5.74, 6) is -2.81. The van der Waals surface area contributed by atoms with E-state index in [1.807, 2.05) is 21.7 Å². The van der Waals surface area contributed by atoms with Crippen LogP contribution in [0.15, 0.2) is 29.0 Å². The Morgan fingerprint density at radius 3 is 2.43 bits per heavy atom. The molecule has 2 heterocycles. The van der Waals surface area contributed by atoms with Crippen molar-refractivity contribution < 1.29 is 13.2 Å². The van der Waals surface area contributed by atoms with E-state index in [2.05, 4.69) is 5.32 Å². The van der Waals surface area contributed by atoms with Crippen LogP contribution in [0, 0.1) is 17.5 Å². The minimum Gasteiger partial charge on any atom is -0.314 e. The van der Waals surface area contributed by atoms with Crippen molar-refractivity contribution in [1.82, 2.24) is 10.2 Å². The molecule has 1 saturated heterocycles. The Balaban J connectivity index is 2.09. The third-order valence-corrected chi connectivity index (χ3v) is 4.43. The zero-order valence-electron chi connectivity index (χ0n) is 11.3. The van der Waals surface area contributed by atoms with Crippen LogP contribution >= 0.6 is 11.3 Å². The molecule has 1 N–H and O–H groups in total. The van der Waals surface area contributed by atoms with E-state index in [9.17, 15) is 13.2 Å². The second-order valence-corrected chi connectivity index (χ2v) is 5.78. The number of benzene rings is 1. The molecule has 1 aliphatic rings. The second-order valence-electron chi connectivity index (χ2n) is 5.00. The van der Waals surface area contributed by atoms with Crippen molar-refractivity contribution in [2.45, 2.75) is 6.04 Å². The molecule has 1 aromatic heterocycles. The quantitative estimate of drug-likeness (QED) is 0.876. The molecular weight excluding hydrogens is 297 g/mol. The molecule has 0 unspecified atom stereocenters. The van der Waals surface area contributed by atoms with Gasteiger partial charge in [-0.1, -0.05) is 0 Å². The molecule has 0 spiro atoms. The fraction of sp³-hybridized carbons (Fsp3) is 0.333. The highest BCUT2D eigenvalue weighted by Crippen LogP contribution is 2.34. The smallest absolute Gasteiger partial charge is 0.166 e. The summed E-state index contributed by atoms with van der Waals surface area (Å²) >= 11 is 1.46. The highest BCUT2D eigenvalue weighted by atomic mass is 32.1. The highest BCUT2D eigenvalue weighted by molar-refractivity contribution is 7.08. The maximum atomic E-state index is 14.2. The van der Waals surface area contributed by atoms with Crippen molar-refractivity contribution in [3.05, 3.63) is 57.5 Å². The first-order chi connectivity index (χ1) is 10.2. The SMILES string of the molecule is Fc1ccc(F)c([C@@H](c2ccsc2)N2CCNCC2)c1F. The summed E-state index contributed by atoms with van der Waals surface area (Å²) in [6.45, 7) is 2.82. The molecule has 1 aliphatic heterocycles. The average Bonchev–Trinajstić information content (AvgIpc) is 3.02. The Morgan fingerprint density at radius 1 is 1.05 bits per heavy atom. The molecule has 1 aromatic carbocycles. The molecule has 0 amide bonds. The van der Waals surface area contributed by atoms with Crippen molar-refractivity contribution in [1.29, 1.82) is 0 Å². The first kappa shape index (κ1) is 14.6. The fourth-order valence-corrected chi connectivity index (χ4v) is 3.40. The Bertz CT molecular complexity index is 610. The van der Waals surface area contributed by atoms with Gasteiger partial charge in [-0.3, -0.25) is 4.90 Å². The summed E-state index contributed by atoms with van der Waals surface area (Å²) in [7, 11) is 0. The molecule has 1 fully saturated rings. The van der Waals surface area contributed by atoms with Gasteiger partial charge in [0.05, 0.1) is 6.04 Å². The van der Waals surface area contributed by atoms with E-state index < -0.39 is 23.5 Å². The maximum absolute atomic E-state index is 14.2. The standard InChI is InChI=1S/C15H15F3N2S/c16-11-1-2-12(17)14(18)13(11)15(10-3-8-21-9-10)20-6-4-19-5-7-20/h1-3,8-9,15,19H,4-7H2/t15-/m1/s1. The predicted molar refractivity (Wildman–Crippen MR) is 76.9 cm³/mol. The number of hydrogen-bond acceptors (Lipinski definition) is 3. The number of piperazine rings is 1. The molecule has 0 radical (unpaired) electrons. The van der Waals surface area contributed by atoms with Crippen LogP contribution in [-0.4, -0.2) is 31.1 Å². The topological polar surface area (TPSA) is 15.3 Å². The zero-order valence-corrected chi connectivity index (χ0v) is 12.1. The minimum absolute atomic E-state index is 0.199. The summed E-state index contributed by atoms with van der Waals surface area (Å²) in [4.78, 5) is 1.99. The van der Waals surface area contributed by atoms with Gasteiger partial charge >= 0.3 is 0 Å². The van der Waals surface area contributed by atoms with Crippen LogP contribution in [0.3, 0.4) is 0 Å². The first-order valence-corrected chi connectivity index (χ1v) is 7.73. The molecule has 0 saturated carbocycles. The van der Waals surface area contributed by atoms with E-state index in [0.717, 1.165) is 30.8 Å². The van der Waals surface area contributed by atoms with E-state index in [-0.39, 0.29) is 5.56 Å². The van der Waals surface area contributed by atoms with E-state index in [1.165, 1.54) is 11.3 Å². The fourth-order valence-electron chi connectivity index (χ4n) is 2.72. The number of nitrogens with one attached hydrogen (secondary N) is 1. The van der Waals surface area contributed by atoms with E-state index in [4.69, 9.17) is 0 Å². The van der Waals surface area contributed by atoms with E-state index in [1.54, 1.807) is 0 Å². The van der Waals surface area contributed by atoms with Gasteiger partial charge in [0.2, 0.25) is 0 Å².